The summed E-state index contributed by atoms with van der Waals surface area (Å²) >= 11 is 0. The predicted molar refractivity (Wildman–Crippen MR) is 71.3 cm³/mol. The van der Waals surface area contributed by atoms with Crippen LogP contribution in [0.1, 0.15) is 17.9 Å². The average Bonchev–Trinajstić information content (AvgIpc) is 2.41. The Labute approximate surface area is 115 Å². The van der Waals surface area contributed by atoms with Crippen molar-refractivity contribution < 1.29 is 14.1 Å². The minimum atomic E-state index is -0.877. The number of halogens is 1. The molecule has 1 saturated heterocycles. The molecule has 1 aliphatic heterocycles. The Balaban J connectivity index is 2.27. The lowest BCUT2D eigenvalue weighted by molar-refractivity contribution is -0.528. The Kier molecular flexibility index (Phi) is 4.12. The molecule has 106 valence electrons. The molecular weight excluding hydrogens is 263 g/mol. The van der Waals surface area contributed by atoms with E-state index in [0.717, 1.165) is 0 Å². The van der Waals surface area contributed by atoms with Crippen LogP contribution in [0.2, 0.25) is 0 Å². The molecule has 1 heterocycles. The van der Waals surface area contributed by atoms with Crippen LogP contribution in [0, 0.1) is 15.9 Å². The first-order valence-electron chi connectivity index (χ1n) is 6.30. The van der Waals surface area contributed by atoms with Gasteiger partial charge in [0.05, 0.1) is 12.5 Å². The smallest absolute Gasteiger partial charge is 0.237 e. The first-order valence-corrected chi connectivity index (χ1v) is 6.30. The summed E-state index contributed by atoms with van der Waals surface area (Å²) in [5.74, 6) is -1.06. The van der Waals surface area contributed by atoms with Gasteiger partial charge in [-0.3, -0.25) is 14.9 Å². The van der Waals surface area contributed by atoms with Crippen LogP contribution in [0.15, 0.2) is 36.9 Å². The van der Waals surface area contributed by atoms with E-state index >= 15 is 0 Å². The number of amides is 1. The molecular formula is C14H15FN2O3. The number of hydrogen-bond acceptors (Lipinski definition) is 3. The molecule has 0 spiro atoms. The quantitative estimate of drug-likeness (QED) is 0.480. The van der Waals surface area contributed by atoms with E-state index in [9.17, 15) is 19.3 Å². The number of benzene rings is 1. The van der Waals surface area contributed by atoms with Gasteiger partial charge in [0.2, 0.25) is 11.9 Å². The molecule has 1 aliphatic rings. The highest BCUT2D eigenvalue weighted by molar-refractivity contribution is 5.78. The van der Waals surface area contributed by atoms with Crippen LogP contribution in [-0.4, -0.2) is 34.9 Å². The van der Waals surface area contributed by atoms with Crippen molar-refractivity contribution in [3.05, 3.63) is 58.4 Å². The standard InChI is InChI=1S/C14H15FN2O3/c1-2-7-16-9-13(17(19)20)12(8-14(16)18)10-3-5-11(15)6-4-10/h2-6,12-13H,1,7-9H2/t12-,13-/m1/s1. The zero-order valence-corrected chi connectivity index (χ0v) is 10.9. The number of likely N-dealkylation sites (tertiary alicyclic amines) is 1. The van der Waals surface area contributed by atoms with E-state index in [-0.39, 0.29) is 23.8 Å². The van der Waals surface area contributed by atoms with Gasteiger partial charge in [0.15, 0.2) is 0 Å². The molecule has 5 nitrogen and oxygen atoms in total. The second-order valence-electron chi connectivity index (χ2n) is 4.80. The summed E-state index contributed by atoms with van der Waals surface area (Å²) < 4.78 is 12.9. The van der Waals surface area contributed by atoms with Crippen molar-refractivity contribution in [2.45, 2.75) is 18.4 Å². The Hall–Kier alpha value is -2.24. The van der Waals surface area contributed by atoms with E-state index in [2.05, 4.69) is 6.58 Å². The third-order valence-corrected chi connectivity index (χ3v) is 3.54. The van der Waals surface area contributed by atoms with Gasteiger partial charge in [-0.15, -0.1) is 6.58 Å². The highest BCUT2D eigenvalue weighted by Crippen LogP contribution is 2.30. The van der Waals surface area contributed by atoms with Gasteiger partial charge in [0.1, 0.15) is 5.82 Å². The molecule has 0 bridgehead atoms. The zero-order valence-electron chi connectivity index (χ0n) is 10.9. The molecule has 2 atom stereocenters. The Morgan fingerprint density at radius 1 is 1.45 bits per heavy atom. The zero-order chi connectivity index (χ0) is 14.7. The fraction of sp³-hybridized carbons (Fsp3) is 0.357. The Morgan fingerprint density at radius 3 is 2.65 bits per heavy atom. The highest BCUT2D eigenvalue weighted by atomic mass is 19.1. The molecule has 2 rings (SSSR count). The number of hydrogen-bond donors (Lipinski definition) is 0. The summed E-state index contributed by atoms with van der Waals surface area (Å²) in [7, 11) is 0. The molecule has 0 unspecified atom stereocenters. The molecule has 1 aromatic carbocycles. The Morgan fingerprint density at radius 2 is 2.10 bits per heavy atom. The van der Waals surface area contributed by atoms with Crippen molar-refractivity contribution >= 4 is 5.91 Å². The van der Waals surface area contributed by atoms with Gasteiger partial charge in [-0.1, -0.05) is 18.2 Å². The summed E-state index contributed by atoms with van der Waals surface area (Å²) in [5, 5.41) is 11.2. The third-order valence-electron chi connectivity index (χ3n) is 3.54. The van der Waals surface area contributed by atoms with Gasteiger partial charge in [-0.05, 0) is 17.7 Å². The van der Waals surface area contributed by atoms with Gasteiger partial charge in [-0.2, -0.15) is 0 Å². The number of rotatable bonds is 4. The van der Waals surface area contributed by atoms with Crippen molar-refractivity contribution in [1.82, 2.24) is 4.90 Å². The normalized spacial score (nSPS) is 22.6. The van der Waals surface area contributed by atoms with Crippen molar-refractivity contribution in [2.24, 2.45) is 0 Å². The van der Waals surface area contributed by atoms with Crippen molar-refractivity contribution in [1.29, 1.82) is 0 Å². The summed E-state index contributed by atoms with van der Waals surface area (Å²) in [6.45, 7) is 3.90. The molecule has 0 radical (unpaired) electrons. The van der Waals surface area contributed by atoms with E-state index < -0.39 is 17.8 Å². The van der Waals surface area contributed by atoms with Gasteiger partial charge in [0.25, 0.3) is 0 Å². The van der Waals surface area contributed by atoms with Crippen LogP contribution < -0.4 is 0 Å². The third kappa shape index (κ3) is 2.84. The molecule has 20 heavy (non-hydrogen) atoms. The first kappa shape index (κ1) is 14.2. The SMILES string of the molecule is C=CCN1C[C@@H]([N+](=O)[O-])[C@@H](c2ccc(F)cc2)CC1=O. The minimum Gasteiger partial charge on any atom is -0.332 e. The summed E-state index contributed by atoms with van der Waals surface area (Å²) in [5.41, 5.74) is 0.625. The van der Waals surface area contributed by atoms with Gasteiger partial charge in [-0.25, -0.2) is 4.39 Å². The van der Waals surface area contributed by atoms with Gasteiger partial charge in [0, 0.05) is 17.9 Å². The monoisotopic (exact) mass is 278 g/mol. The van der Waals surface area contributed by atoms with E-state index in [1.807, 2.05) is 0 Å². The van der Waals surface area contributed by atoms with Crippen molar-refractivity contribution in [3.8, 4) is 0 Å². The maximum Gasteiger partial charge on any atom is 0.237 e. The fourth-order valence-corrected chi connectivity index (χ4v) is 2.50. The van der Waals surface area contributed by atoms with E-state index in [1.54, 1.807) is 6.08 Å². The molecule has 0 saturated carbocycles. The minimum absolute atomic E-state index is 0.0555. The van der Waals surface area contributed by atoms with Crippen LogP contribution in [0.4, 0.5) is 4.39 Å². The Bertz CT molecular complexity index is 530. The lowest BCUT2D eigenvalue weighted by Gasteiger charge is -2.33. The van der Waals surface area contributed by atoms with E-state index in [0.29, 0.717) is 12.1 Å². The topological polar surface area (TPSA) is 63.4 Å². The fourth-order valence-electron chi connectivity index (χ4n) is 2.50. The average molecular weight is 278 g/mol. The predicted octanol–water partition coefficient (Wildman–Crippen LogP) is 1.97. The molecule has 1 aromatic rings. The number of carbonyl (C=O) groups excluding carboxylic acids is 1. The molecule has 6 heteroatoms. The number of piperidine rings is 1. The lowest BCUT2D eigenvalue weighted by Crippen LogP contribution is -2.49. The molecule has 0 N–H and O–H groups in total. The van der Waals surface area contributed by atoms with Crippen molar-refractivity contribution in [2.75, 3.05) is 13.1 Å². The molecule has 1 amide bonds. The summed E-state index contributed by atoms with van der Waals surface area (Å²) in [4.78, 5) is 24.3. The number of nitro groups is 1. The number of carbonyl (C=O) groups is 1. The van der Waals surface area contributed by atoms with Gasteiger partial charge >= 0.3 is 0 Å². The van der Waals surface area contributed by atoms with Crippen LogP contribution >= 0.6 is 0 Å². The maximum atomic E-state index is 12.9. The summed E-state index contributed by atoms with van der Waals surface area (Å²) in [6.07, 6.45) is 1.61. The van der Waals surface area contributed by atoms with Crippen LogP contribution in [-0.2, 0) is 4.79 Å². The molecule has 0 aromatic heterocycles. The van der Waals surface area contributed by atoms with Crippen molar-refractivity contribution in [3.63, 3.8) is 0 Å². The molecule has 1 fully saturated rings. The maximum absolute atomic E-state index is 12.9. The lowest BCUT2D eigenvalue weighted by atomic mass is 9.85. The highest BCUT2D eigenvalue weighted by Gasteiger charge is 2.41. The van der Waals surface area contributed by atoms with Gasteiger partial charge < -0.3 is 4.90 Å². The van der Waals surface area contributed by atoms with Crippen LogP contribution in [0.5, 0.6) is 0 Å². The summed E-state index contributed by atoms with van der Waals surface area (Å²) in [6, 6.07) is 4.65. The second-order valence-corrected chi connectivity index (χ2v) is 4.80. The van der Waals surface area contributed by atoms with E-state index in [1.165, 1.54) is 29.2 Å². The molecule has 0 aliphatic carbocycles. The van der Waals surface area contributed by atoms with Crippen LogP contribution in [0.3, 0.4) is 0 Å². The first-order chi connectivity index (χ1) is 9.52. The second kappa shape index (κ2) is 5.81. The largest absolute Gasteiger partial charge is 0.332 e. The van der Waals surface area contributed by atoms with Crippen LogP contribution in [0.25, 0.3) is 0 Å². The van der Waals surface area contributed by atoms with E-state index in [4.69, 9.17) is 0 Å². The number of nitrogens with zero attached hydrogens (tertiary/aromatic N) is 2.